The van der Waals surface area contributed by atoms with Gasteiger partial charge in [-0.1, -0.05) is 26.2 Å². The lowest BCUT2D eigenvalue weighted by atomic mass is 10.1. The summed E-state index contributed by atoms with van der Waals surface area (Å²) in [5, 5.41) is 2.85. The Bertz CT molecular complexity index is 902. The number of unbranched alkanes of at least 4 members (excludes halogenated alkanes) is 3. The van der Waals surface area contributed by atoms with Crippen LogP contribution in [0.4, 0.5) is 5.69 Å². The number of rotatable bonds is 9. The molecule has 0 fully saturated rings. The van der Waals surface area contributed by atoms with E-state index in [1.165, 1.54) is 11.8 Å². The molecule has 0 aliphatic carbocycles. The molecule has 0 spiro atoms. The van der Waals surface area contributed by atoms with Crippen molar-refractivity contribution in [3.63, 3.8) is 0 Å². The van der Waals surface area contributed by atoms with Crippen LogP contribution in [0.25, 0.3) is 0 Å². The van der Waals surface area contributed by atoms with Crippen LogP contribution in [0.5, 0.6) is 5.75 Å². The average molecular weight is 398 g/mol. The number of fused-ring (bicyclic) bond motifs is 1. The van der Waals surface area contributed by atoms with Crippen molar-refractivity contribution in [2.45, 2.75) is 46.1 Å². The average Bonchev–Trinajstić information content (AvgIpc) is 3.18. The predicted molar refractivity (Wildman–Crippen MR) is 108 cm³/mol. The van der Waals surface area contributed by atoms with Crippen molar-refractivity contribution >= 4 is 23.3 Å². The number of carbonyl (C=O) groups is 3. The number of anilines is 1. The number of amides is 2. The maximum absolute atomic E-state index is 12.4. The minimum absolute atomic E-state index is 0.0851. The molecular formula is C22H26N2O5. The lowest BCUT2D eigenvalue weighted by molar-refractivity contribution is -0.121. The number of furan rings is 1. The van der Waals surface area contributed by atoms with Crippen LogP contribution in [-0.2, 0) is 11.3 Å². The molecule has 1 aromatic carbocycles. The lowest BCUT2D eigenvalue weighted by Gasteiger charge is -2.29. The van der Waals surface area contributed by atoms with Crippen molar-refractivity contribution in [1.82, 2.24) is 5.32 Å². The summed E-state index contributed by atoms with van der Waals surface area (Å²) in [6.07, 6.45) is 4.32. The van der Waals surface area contributed by atoms with Gasteiger partial charge in [0.25, 0.3) is 11.8 Å². The summed E-state index contributed by atoms with van der Waals surface area (Å²) in [4.78, 5) is 37.8. The van der Waals surface area contributed by atoms with Crippen molar-refractivity contribution in [3.8, 4) is 5.75 Å². The Morgan fingerprint density at radius 2 is 1.97 bits per heavy atom. The molecule has 2 aromatic rings. The number of ketones is 1. The van der Waals surface area contributed by atoms with Crippen LogP contribution in [0.3, 0.4) is 0 Å². The SMILES string of the molecule is CCCCCCNC(=O)c1ccc(CN2C(=O)COc3ccc(C(C)=O)cc32)o1. The molecule has 1 aliphatic rings. The second kappa shape index (κ2) is 9.41. The van der Waals surface area contributed by atoms with Gasteiger partial charge in [-0.15, -0.1) is 0 Å². The van der Waals surface area contributed by atoms with Gasteiger partial charge in [-0.25, -0.2) is 0 Å². The number of nitrogens with one attached hydrogen (secondary N) is 1. The van der Waals surface area contributed by atoms with E-state index in [4.69, 9.17) is 9.15 Å². The first-order valence-electron chi connectivity index (χ1n) is 9.94. The number of ether oxygens (including phenoxy) is 1. The summed E-state index contributed by atoms with van der Waals surface area (Å²) in [6.45, 7) is 4.29. The number of nitrogens with zero attached hydrogens (tertiary/aromatic N) is 1. The van der Waals surface area contributed by atoms with Crippen molar-refractivity contribution in [3.05, 3.63) is 47.4 Å². The quantitative estimate of drug-likeness (QED) is 0.514. The van der Waals surface area contributed by atoms with Crippen LogP contribution in [0, 0.1) is 0 Å². The van der Waals surface area contributed by atoms with Gasteiger partial charge in [0.1, 0.15) is 11.5 Å². The van der Waals surface area contributed by atoms with E-state index in [-0.39, 0.29) is 36.5 Å². The van der Waals surface area contributed by atoms with Gasteiger partial charge in [0, 0.05) is 12.1 Å². The van der Waals surface area contributed by atoms with E-state index in [9.17, 15) is 14.4 Å². The zero-order valence-corrected chi connectivity index (χ0v) is 16.8. The second-order valence-electron chi connectivity index (χ2n) is 7.09. The van der Waals surface area contributed by atoms with E-state index in [0.717, 1.165) is 25.7 Å². The highest BCUT2D eigenvalue weighted by atomic mass is 16.5. The predicted octanol–water partition coefficient (Wildman–Crippen LogP) is 3.72. The van der Waals surface area contributed by atoms with Crippen molar-refractivity contribution in [1.29, 1.82) is 0 Å². The molecule has 2 heterocycles. The van der Waals surface area contributed by atoms with Gasteiger partial charge in [0.05, 0.1) is 12.2 Å². The largest absolute Gasteiger partial charge is 0.482 e. The first-order chi connectivity index (χ1) is 14.0. The molecule has 0 unspecified atom stereocenters. The molecule has 2 amide bonds. The van der Waals surface area contributed by atoms with Gasteiger partial charge in [0.2, 0.25) is 0 Å². The number of Topliss-reactive ketones (excluding diaryl/α,β-unsaturated/α-hetero) is 1. The monoisotopic (exact) mass is 398 g/mol. The van der Waals surface area contributed by atoms with Crippen molar-refractivity contribution in [2.75, 3.05) is 18.1 Å². The topological polar surface area (TPSA) is 88.9 Å². The molecule has 0 radical (unpaired) electrons. The first kappa shape index (κ1) is 20.6. The Morgan fingerprint density at radius 3 is 2.72 bits per heavy atom. The molecule has 3 rings (SSSR count). The van der Waals surface area contributed by atoms with Crippen LogP contribution in [-0.4, -0.2) is 30.7 Å². The Morgan fingerprint density at radius 1 is 1.14 bits per heavy atom. The highest BCUT2D eigenvalue weighted by Crippen LogP contribution is 2.34. The van der Waals surface area contributed by atoms with Gasteiger partial charge in [-0.05, 0) is 43.7 Å². The van der Waals surface area contributed by atoms with E-state index in [1.54, 1.807) is 30.3 Å². The van der Waals surface area contributed by atoms with Gasteiger partial charge in [-0.2, -0.15) is 0 Å². The van der Waals surface area contributed by atoms with E-state index in [2.05, 4.69) is 12.2 Å². The summed E-state index contributed by atoms with van der Waals surface area (Å²) >= 11 is 0. The molecule has 7 nitrogen and oxygen atoms in total. The summed E-state index contributed by atoms with van der Waals surface area (Å²) in [5.74, 6) is 0.634. The van der Waals surface area contributed by atoms with Crippen LogP contribution < -0.4 is 15.0 Å². The maximum atomic E-state index is 12.4. The van der Waals surface area contributed by atoms with Crippen molar-refractivity contribution in [2.24, 2.45) is 0 Å². The summed E-state index contributed by atoms with van der Waals surface area (Å²) in [6, 6.07) is 8.29. The fourth-order valence-electron chi connectivity index (χ4n) is 3.18. The highest BCUT2D eigenvalue weighted by Gasteiger charge is 2.27. The number of benzene rings is 1. The molecule has 1 N–H and O–H groups in total. The minimum Gasteiger partial charge on any atom is -0.482 e. The van der Waals surface area contributed by atoms with E-state index < -0.39 is 0 Å². The summed E-state index contributed by atoms with van der Waals surface area (Å²) in [7, 11) is 0. The van der Waals surface area contributed by atoms with E-state index in [0.29, 0.717) is 29.3 Å². The standard InChI is InChI=1S/C22H26N2O5/c1-3-4-5-6-11-23-22(27)20-10-8-17(29-20)13-24-18-12-16(15(2)25)7-9-19(18)28-14-21(24)26/h7-10,12H,3-6,11,13-14H2,1-2H3,(H,23,27). The van der Waals surface area contributed by atoms with Crippen LogP contribution in [0.15, 0.2) is 34.7 Å². The maximum Gasteiger partial charge on any atom is 0.286 e. The number of carbonyl (C=O) groups excluding carboxylic acids is 3. The molecule has 7 heteroatoms. The third-order valence-corrected chi connectivity index (χ3v) is 4.82. The van der Waals surface area contributed by atoms with Crippen LogP contribution in [0.1, 0.15) is 66.2 Å². The molecule has 1 aliphatic heterocycles. The van der Waals surface area contributed by atoms with Crippen LogP contribution in [0.2, 0.25) is 0 Å². The highest BCUT2D eigenvalue weighted by molar-refractivity contribution is 6.01. The molecule has 154 valence electrons. The fraction of sp³-hybridized carbons (Fsp3) is 0.409. The van der Waals surface area contributed by atoms with Gasteiger partial charge < -0.3 is 14.5 Å². The molecule has 29 heavy (non-hydrogen) atoms. The fourth-order valence-corrected chi connectivity index (χ4v) is 3.18. The number of hydrogen-bond acceptors (Lipinski definition) is 5. The summed E-state index contributed by atoms with van der Waals surface area (Å²) < 4.78 is 11.1. The molecule has 0 atom stereocenters. The second-order valence-corrected chi connectivity index (χ2v) is 7.09. The van der Waals surface area contributed by atoms with E-state index in [1.807, 2.05) is 0 Å². The van der Waals surface area contributed by atoms with Gasteiger partial charge in [0.15, 0.2) is 18.2 Å². The normalized spacial score (nSPS) is 13.0. The summed E-state index contributed by atoms with van der Waals surface area (Å²) in [5.41, 5.74) is 1.02. The smallest absolute Gasteiger partial charge is 0.286 e. The molecule has 0 saturated heterocycles. The Labute approximate surface area is 170 Å². The van der Waals surface area contributed by atoms with Gasteiger partial charge >= 0.3 is 0 Å². The Balaban J connectivity index is 1.68. The first-order valence-corrected chi connectivity index (χ1v) is 9.94. The van der Waals surface area contributed by atoms with E-state index >= 15 is 0 Å². The molecule has 1 aromatic heterocycles. The molecule has 0 saturated carbocycles. The zero-order valence-electron chi connectivity index (χ0n) is 16.8. The number of hydrogen-bond donors (Lipinski definition) is 1. The van der Waals surface area contributed by atoms with Crippen molar-refractivity contribution < 1.29 is 23.5 Å². The Kier molecular flexibility index (Phi) is 6.69. The third-order valence-electron chi connectivity index (χ3n) is 4.82. The third kappa shape index (κ3) is 5.04. The van der Waals surface area contributed by atoms with Crippen LogP contribution >= 0.6 is 0 Å². The van der Waals surface area contributed by atoms with Gasteiger partial charge in [-0.3, -0.25) is 19.3 Å². The molecular weight excluding hydrogens is 372 g/mol. The molecule has 0 bridgehead atoms. The Hall–Kier alpha value is -3.09. The minimum atomic E-state index is -0.264. The zero-order chi connectivity index (χ0) is 20.8. The lowest BCUT2D eigenvalue weighted by Crippen LogP contribution is -2.38.